The highest BCUT2D eigenvalue weighted by Crippen LogP contribution is 2.28. The van der Waals surface area contributed by atoms with Crippen molar-refractivity contribution < 1.29 is 22.7 Å². The molecule has 4 aromatic rings. The van der Waals surface area contributed by atoms with Crippen molar-refractivity contribution in [1.29, 1.82) is 0 Å². The zero-order valence-electron chi connectivity index (χ0n) is 26.8. The largest absolute Gasteiger partial charge is 0.494 e. The van der Waals surface area contributed by atoms with Gasteiger partial charge in [-0.05, 0) is 93.4 Å². The Morgan fingerprint density at radius 2 is 1.47 bits per heavy atom. The summed E-state index contributed by atoms with van der Waals surface area (Å²) in [5.74, 6) is -0.426. The molecule has 0 spiro atoms. The molecule has 8 nitrogen and oxygen atoms in total. The maximum absolute atomic E-state index is 14.6. The van der Waals surface area contributed by atoms with Crippen molar-refractivity contribution in [2.24, 2.45) is 0 Å². The molecule has 0 bridgehead atoms. The number of carbonyl (C=O) groups is 2. The molecule has 0 aromatic heterocycles. The third kappa shape index (κ3) is 9.73. The number of rotatable bonds is 13. The van der Waals surface area contributed by atoms with Gasteiger partial charge < -0.3 is 15.0 Å². The molecule has 0 aliphatic carbocycles. The molecule has 0 radical (unpaired) electrons. The summed E-state index contributed by atoms with van der Waals surface area (Å²) < 4.78 is 35.0. The molecular formula is C36H39Cl2N3O5S. The highest BCUT2D eigenvalue weighted by molar-refractivity contribution is 7.92. The summed E-state index contributed by atoms with van der Waals surface area (Å²) in [6.45, 7) is 7.22. The van der Waals surface area contributed by atoms with E-state index in [1.165, 1.54) is 29.2 Å². The van der Waals surface area contributed by atoms with Crippen LogP contribution < -0.4 is 14.4 Å². The molecule has 1 atom stereocenters. The Bertz CT molecular complexity index is 1760. The summed E-state index contributed by atoms with van der Waals surface area (Å²) >= 11 is 12.6. The summed E-state index contributed by atoms with van der Waals surface area (Å²) in [6.07, 6.45) is 0.186. The fourth-order valence-corrected chi connectivity index (χ4v) is 6.69. The predicted molar refractivity (Wildman–Crippen MR) is 187 cm³/mol. The number of anilines is 1. The van der Waals surface area contributed by atoms with Gasteiger partial charge in [0, 0.05) is 28.5 Å². The number of hydrogen-bond donors (Lipinski definition) is 1. The number of ether oxygens (including phenoxy) is 1. The van der Waals surface area contributed by atoms with Crippen molar-refractivity contribution in [2.45, 2.75) is 57.1 Å². The third-order valence-corrected chi connectivity index (χ3v) is 9.59. The lowest BCUT2D eigenvalue weighted by Gasteiger charge is -2.35. The standard InChI is InChI=1S/C36H39Cl2N3O5S/c1-5-46-30-19-17-29(18-20-30)41(47(44,45)31-21-15-28(37)16-22-31)25-34(42)40(24-27-13-9-10-14-32(27)38)33(35(43)39-36(2,3)4)23-26-11-7-6-8-12-26/h6-22,33H,5,23-25H2,1-4H3,(H,39,43)/t33-/m1/s1. The zero-order chi connectivity index (χ0) is 34.2. The average Bonchev–Trinajstić information content (AvgIpc) is 3.02. The van der Waals surface area contributed by atoms with Gasteiger partial charge in [0.05, 0.1) is 17.2 Å². The van der Waals surface area contributed by atoms with E-state index in [2.05, 4.69) is 5.32 Å². The van der Waals surface area contributed by atoms with E-state index in [0.29, 0.717) is 28.0 Å². The van der Waals surface area contributed by atoms with E-state index in [0.717, 1.165) is 9.87 Å². The molecule has 4 aromatic carbocycles. The number of sulfonamides is 1. The van der Waals surface area contributed by atoms with Crippen LogP contribution in [0.3, 0.4) is 0 Å². The lowest BCUT2D eigenvalue weighted by atomic mass is 10.0. The van der Waals surface area contributed by atoms with Gasteiger partial charge in [-0.15, -0.1) is 0 Å². The number of carbonyl (C=O) groups excluding carboxylic acids is 2. The van der Waals surface area contributed by atoms with E-state index in [1.54, 1.807) is 48.5 Å². The molecule has 1 N–H and O–H groups in total. The number of nitrogens with zero attached hydrogens (tertiary/aromatic N) is 2. The Morgan fingerprint density at radius 3 is 2.06 bits per heavy atom. The van der Waals surface area contributed by atoms with Crippen molar-refractivity contribution >= 4 is 50.7 Å². The fourth-order valence-electron chi connectivity index (χ4n) is 4.95. The van der Waals surface area contributed by atoms with Crippen molar-refractivity contribution in [1.82, 2.24) is 10.2 Å². The van der Waals surface area contributed by atoms with Gasteiger partial charge in [0.25, 0.3) is 10.0 Å². The van der Waals surface area contributed by atoms with Crippen molar-refractivity contribution in [3.63, 3.8) is 0 Å². The summed E-state index contributed by atoms with van der Waals surface area (Å²) in [4.78, 5) is 30.0. The summed E-state index contributed by atoms with van der Waals surface area (Å²) in [7, 11) is -4.28. The second-order valence-electron chi connectivity index (χ2n) is 12.0. The SMILES string of the molecule is CCOc1ccc(N(CC(=O)N(Cc2ccccc2Cl)[C@H](Cc2ccccc2)C(=O)NC(C)(C)C)S(=O)(=O)c2ccc(Cl)cc2)cc1. The second-order valence-corrected chi connectivity index (χ2v) is 14.7. The molecule has 47 heavy (non-hydrogen) atoms. The molecule has 0 fully saturated rings. The zero-order valence-corrected chi connectivity index (χ0v) is 29.1. The Labute approximate surface area is 287 Å². The number of benzene rings is 4. The molecule has 0 unspecified atom stereocenters. The smallest absolute Gasteiger partial charge is 0.264 e. The number of nitrogens with one attached hydrogen (secondary N) is 1. The lowest BCUT2D eigenvalue weighted by molar-refractivity contribution is -0.140. The van der Waals surface area contributed by atoms with Gasteiger partial charge in [0.1, 0.15) is 18.3 Å². The maximum atomic E-state index is 14.6. The minimum Gasteiger partial charge on any atom is -0.494 e. The van der Waals surface area contributed by atoms with Crippen LogP contribution in [0.5, 0.6) is 5.75 Å². The van der Waals surface area contributed by atoms with E-state index < -0.39 is 34.1 Å². The molecule has 0 saturated carbocycles. The molecular weight excluding hydrogens is 657 g/mol. The first-order valence-corrected chi connectivity index (χ1v) is 17.4. The Balaban J connectivity index is 1.82. The van der Waals surface area contributed by atoms with Crippen LogP contribution >= 0.6 is 23.2 Å². The first-order valence-electron chi connectivity index (χ1n) is 15.2. The molecule has 11 heteroatoms. The normalized spacial score (nSPS) is 12.2. The number of amides is 2. The van der Waals surface area contributed by atoms with Gasteiger partial charge >= 0.3 is 0 Å². The van der Waals surface area contributed by atoms with Gasteiger partial charge in [-0.2, -0.15) is 0 Å². The van der Waals surface area contributed by atoms with Gasteiger partial charge in [0.2, 0.25) is 11.8 Å². The van der Waals surface area contributed by atoms with Crippen LogP contribution in [0, 0.1) is 0 Å². The van der Waals surface area contributed by atoms with E-state index >= 15 is 0 Å². The lowest BCUT2D eigenvalue weighted by Crippen LogP contribution is -2.56. The minimum absolute atomic E-state index is 0.0360. The number of halogens is 2. The third-order valence-electron chi connectivity index (χ3n) is 7.18. The molecule has 4 rings (SSSR count). The van der Waals surface area contributed by atoms with Crippen molar-refractivity contribution in [3.05, 3.63) is 124 Å². The first-order chi connectivity index (χ1) is 22.3. The Hall–Kier alpha value is -4.05. The Morgan fingerprint density at radius 1 is 0.851 bits per heavy atom. The quantitative estimate of drug-likeness (QED) is 0.160. The Kier molecular flexibility index (Phi) is 12.0. The molecule has 0 heterocycles. The van der Waals surface area contributed by atoms with Crippen LogP contribution in [0.15, 0.2) is 108 Å². The van der Waals surface area contributed by atoms with Crippen molar-refractivity contribution in [2.75, 3.05) is 17.5 Å². The van der Waals surface area contributed by atoms with Crippen LogP contribution in [0.1, 0.15) is 38.8 Å². The van der Waals surface area contributed by atoms with E-state index in [9.17, 15) is 18.0 Å². The monoisotopic (exact) mass is 695 g/mol. The molecule has 248 valence electrons. The minimum atomic E-state index is -4.28. The van der Waals surface area contributed by atoms with Crippen LogP contribution in [0.2, 0.25) is 10.0 Å². The summed E-state index contributed by atoms with van der Waals surface area (Å²) in [6, 6.07) is 27.6. The first kappa shape index (κ1) is 35.8. The predicted octanol–water partition coefficient (Wildman–Crippen LogP) is 7.14. The molecule has 0 aliphatic rings. The summed E-state index contributed by atoms with van der Waals surface area (Å²) in [5.41, 5.74) is 1.08. The van der Waals surface area contributed by atoms with E-state index in [4.69, 9.17) is 27.9 Å². The van der Waals surface area contributed by atoms with Crippen LogP contribution in [-0.2, 0) is 32.6 Å². The fraction of sp³-hybridized carbons (Fsp3) is 0.278. The van der Waals surface area contributed by atoms with Gasteiger partial charge in [-0.1, -0.05) is 71.7 Å². The van der Waals surface area contributed by atoms with Gasteiger partial charge in [-0.3, -0.25) is 13.9 Å². The van der Waals surface area contributed by atoms with Gasteiger partial charge in [-0.25, -0.2) is 8.42 Å². The highest BCUT2D eigenvalue weighted by atomic mass is 35.5. The molecule has 2 amide bonds. The van der Waals surface area contributed by atoms with Crippen LogP contribution in [0.25, 0.3) is 0 Å². The van der Waals surface area contributed by atoms with Gasteiger partial charge in [0.15, 0.2) is 0 Å². The summed E-state index contributed by atoms with van der Waals surface area (Å²) in [5, 5.41) is 3.80. The van der Waals surface area contributed by atoms with Crippen molar-refractivity contribution in [3.8, 4) is 5.75 Å². The van der Waals surface area contributed by atoms with E-state index in [-0.39, 0.29) is 29.5 Å². The maximum Gasteiger partial charge on any atom is 0.264 e. The van der Waals surface area contributed by atoms with E-state index in [1.807, 2.05) is 58.0 Å². The second kappa shape index (κ2) is 15.7. The molecule has 0 aliphatic heterocycles. The van der Waals surface area contributed by atoms with Crippen LogP contribution in [0.4, 0.5) is 5.69 Å². The average molecular weight is 697 g/mol. The molecule has 0 saturated heterocycles. The number of hydrogen-bond acceptors (Lipinski definition) is 5. The highest BCUT2D eigenvalue weighted by Gasteiger charge is 2.36. The van der Waals surface area contributed by atoms with Crippen LogP contribution in [-0.4, -0.2) is 49.9 Å². The topological polar surface area (TPSA) is 96.0 Å².